The Morgan fingerprint density at radius 1 is 1.25 bits per heavy atom. The number of nitrogens with one attached hydrogen (secondary N) is 1. The summed E-state index contributed by atoms with van der Waals surface area (Å²) in [5.74, 6) is 1.02. The van der Waals surface area contributed by atoms with Crippen LogP contribution in [0.1, 0.15) is 57.6 Å². The molecule has 1 aromatic carbocycles. The second-order valence-electron chi connectivity index (χ2n) is 5.20. The van der Waals surface area contributed by atoms with Crippen molar-refractivity contribution in [3.8, 4) is 5.75 Å². The molecule has 0 saturated heterocycles. The maximum Gasteiger partial charge on any atom is 0.124 e. The van der Waals surface area contributed by atoms with Gasteiger partial charge in [0, 0.05) is 11.6 Å². The molecular formula is C18H29NO. The minimum atomic E-state index is 0.340. The molecule has 2 heteroatoms. The van der Waals surface area contributed by atoms with Crippen molar-refractivity contribution in [3.63, 3.8) is 0 Å². The minimum Gasteiger partial charge on any atom is -0.493 e. The van der Waals surface area contributed by atoms with Gasteiger partial charge in [-0.15, -0.1) is 6.58 Å². The third kappa shape index (κ3) is 6.25. The number of hydrogen-bond acceptors (Lipinski definition) is 2. The molecule has 0 aromatic heterocycles. The average molecular weight is 275 g/mol. The Hall–Kier alpha value is -1.28. The van der Waals surface area contributed by atoms with E-state index in [9.17, 15) is 0 Å². The topological polar surface area (TPSA) is 21.3 Å². The zero-order chi connectivity index (χ0) is 14.6. The van der Waals surface area contributed by atoms with Crippen molar-refractivity contribution >= 4 is 0 Å². The van der Waals surface area contributed by atoms with Crippen LogP contribution < -0.4 is 10.1 Å². The summed E-state index contributed by atoms with van der Waals surface area (Å²) in [6, 6.07) is 8.69. The van der Waals surface area contributed by atoms with Crippen LogP contribution in [-0.4, -0.2) is 13.2 Å². The molecule has 0 aliphatic rings. The monoisotopic (exact) mass is 275 g/mol. The van der Waals surface area contributed by atoms with Gasteiger partial charge in [0.05, 0.1) is 6.61 Å². The lowest BCUT2D eigenvalue weighted by molar-refractivity contribution is 0.299. The molecular weight excluding hydrogens is 246 g/mol. The van der Waals surface area contributed by atoms with Gasteiger partial charge in [-0.1, -0.05) is 31.2 Å². The summed E-state index contributed by atoms with van der Waals surface area (Å²) < 4.78 is 5.95. The molecule has 0 aliphatic carbocycles. The van der Waals surface area contributed by atoms with E-state index in [1.54, 1.807) is 0 Å². The van der Waals surface area contributed by atoms with Crippen LogP contribution in [0.25, 0.3) is 0 Å². The molecule has 0 amide bonds. The molecule has 1 aromatic rings. The van der Waals surface area contributed by atoms with Crippen LogP contribution >= 0.6 is 0 Å². The molecule has 1 atom stereocenters. The van der Waals surface area contributed by atoms with Crippen molar-refractivity contribution in [1.29, 1.82) is 0 Å². The lowest BCUT2D eigenvalue weighted by Gasteiger charge is -2.18. The Morgan fingerprint density at radius 2 is 2.05 bits per heavy atom. The van der Waals surface area contributed by atoms with E-state index in [4.69, 9.17) is 4.74 Å². The lowest BCUT2D eigenvalue weighted by Crippen LogP contribution is -2.20. The Morgan fingerprint density at radius 3 is 2.80 bits per heavy atom. The van der Waals surface area contributed by atoms with Crippen molar-refractivity contribution in [1.82, 2.24) is 5.32 Å². The number of benzene rings is 1. The summed E-state index contributed by atoms with van der Waals surface area (Å²) in [4.78, 5) is 0. The summed E-state index contributed by atoms with van der Waals surface area (Å²) in [5.41, 5.74) is 1.26. The second-order valence-corrected chi connectivity index (χ2v) is 5.20. The molecule has 0 heterocycles. The van der Waals surface area contributed by atoms with Crippen molar-refractivity contribution < 1.29 is 4.74 Å². The first-order valence-electron chi connectivity index (χ1n) is 7.85. The molecule has 0 fully saturated rings. The van der Waals surface area contributed by atoms with Crippen LogP contribution in [0.5, 0.6) is 5.75 Å². The fourth-order valence-corrected chi connectivity index (χ4v) is 2.19. The quantitative estimate of drug-likeness (QED) is 0.459. The number of rotatable bonds is 11. The van der Waals surface area contributed by atoms with Crippen LogP contribution in [-0.2, 0) is 0 Å². The van der Waals surface area contributed by atoms with E-state index < -0.39 is 0 Å². The normalized spacial score (nSPS) is 12.1. The predicted octanol–water partition coefficient (Wildman–Crippen LogP) is 4.87. The SMILES string of the molecule is C=CCCCCCOc1ccccc1C(C)NCCC. The summed E-state index contributed by atoms with van der Waals surface area (Å²) in [6.07, 6.45) is 7.77. The number of hydrogen-bond donors (Lipinski definition) is 1. The highest BCUT2D eigenvalue weighted by molar-refractivity contribution is 5.35. The zero-order valence-electron chi connectivity index (χ0n) is 13.0. The number of allylic oxidation sites excluding steroid dienone is 1. The Balaban J connectivity index is 2.42. The van der Waals surface area contributed by atoms with Crippen molar-refractivity contribution in [2.45, 2.75) is 52.0 Å². The average Bonchev–Trinajstić information content (AvgIpc) is 2.48. The van der Waals surface area contributed by atoms with E-state index in [1.165, 1.54) is 18.4 Å². The molecule has 112 valence electrons. The Labute approximate surface area is 124 Å². The standard InChI is InChI=1S/C18H29NO/c1-4-6-7-8-11-15-20-18-13-10-9-12-17(18)16(3)19-14-5-2/h4,9-10,12-13,16,19H,1,5-8,11,14-15H2,2-3H3. The van der Waals surface area contributed by atoms with Gasteiger partial charge in [0.25, 0.3) is 0 Å². The number of ether oxygens (including phenoxy) is 1. The highest BCUT2D eigenvalue weighted by atomic mass is 16.5. The van der Waals surface area contributed by atoms with Crippen molar-refractivity contribution in [3.05, 3.63) is 42.5 Å². The predicted molar refractivity (Wildman–Crippen MR) is 87.3 cm³/mol. The molecule has 0 aliphatic heterocycles. The summed E-state index contributed by atoms with van der Waals surface area (Å²) in [6.45, 7) is 9.96. The van der Waals surface area contributed by atoms with E-state index in [0.717, 1.165) is 38.2 Å². The van der Waals surface area contributed by atoms with Gasteiger partial charge in [0.2, 0.25) is 0 Å². The highest BCUT2D eigenvalue weighted by Gasteiger charge is 2.10. The first kappa shape index (κ1) is 16.8. The van der Waals surface area contributed by atoms with Crippen LogP contribution in [0, 0.1) is 0 Å². The van der Waals surface area contributed by atoms with E-state index in [1.807, 2.05) is 12.1 Å². The molecule has 1 unspecified atom stereocenters. The van der Waals surface area contributed by atoms with Crippen LogP contribution in [0.2, 0.25) is 0 Å². The molecule has 2 nitrogen and oxygen atoms in total. The number of para-hydroxylation sites is 1. The van der Waals surface area contributed by atoms with Gasteiger partial charge in [0.15, 0.2) is 0 Å². The minimum absolute atomic E-state index is 0.340. The fraction of sp³-hybridized carbons (Fsp3) is 0.556. The van der Waals surface area contributed by atoms with E-state index >= 15 is 0 Å². The molecule has 0 spiro atoms. The molecule has 20 heavy (non-hydrogen) atoms. The van der Waals surface area contributed by atoms with Crippen LogP contribution in [0.3, 0.4) is 0 Å². The summed E-state index contributed by atoms with van der Waals surface area (Å²) in [5, 5.41) is 3.52. The molecule has 1 rings (SSSR count). The van der Waals surface area contributed by atoms with Crippen LogP contribution in [0.4, 0.5) is 0 Å². The lowest BCUT2D eigenvalue weighted by atomic mass is 10.1. The molecule has 0 saturated carbocycles. The summed E-state index contributed by atoms with van der Waals surface area (Å²) in [7, 11) is 0. The van der Waals surface area contributed by atoms with Gasteiger partial charge < -0.3 is 10.1 Å². The van der Waals surface area contributed by atoms with Gasteiger partial charge in [-0.2, -0.15) is 0 Å². The third-order valence-corrected chi connectivity index (χ3v) is 3.40. The van der Waals surface area contributed by atoms with Gasteiger partial charge in [-0.05, 0) is 51.6 Å². The van der Waals surface area contributed by atoms with Gasteiger partial charge in [0.1, 0.15) is 5.75 Å². The van der Waals surface area contributed by atoms with Crippen molar-refractivity contribution in [2.24, 2.45) is 0 Å². The first-order chi connectivity index (χ1) is 9.79. The van der Waals surface area contributed by atoms with E-state index in [-0.39, 0.29) is 0 Å². The maximum absolute atomic E-state index is 5.95. The third-order valence-electron chi connectivity index (χ3n) is 3.40. The van der Waals surface area contributed by atoms with Gasteiger partial charge in [-0.3, -0.25) is 0 Å². The van der Waals surface area contributed by atoms with Gasteiger partial charge >= 0.3 is 0 Å². The zero-order valence-corrected chi connectivity index (χ0v) is 13.0. The van der Waals surface area contributed by atoms with Crippen LogP contribution in [0.15, 0.2) is 36.9 Å². The number of unbranched alkanes of at least 4 members (excludes halogenated alkanes) is 3. The fourth-order valence-electron chi connectivity index (χ4n) is 2.19. The highest BCUT2D eigenvalue weighted by Crippen LogP contribution is 2.25. The van der Waals surface area contributed by atoms with E-state index in [0.29, 0.717) is 6.04 Å². The Bertz CT molecular complexity index is 375. The molecule has 0 bridgehead atoms. The molecule has 1 N–H and O–H groups in total. The van der Waals surface area contributed by atoms with E-state index in [2.05, 4.69) is 43.9 Å². The smallest absolute Gasteiger partial charge is 0.124 e. The maximum atomic E-state index is 5.95. The Kier molecular flexibility index (Phi) is 8.81. The first-order valence-corrected chi connectivity index (χ1v) is 7.85. The van der Waals surface area contributed by atoms with Gasteiger partial charge in [-0.25, -0.2) is 0 Å². The second kappa shape index (κ2) is 10.5. The largest absolute Gasteiger partial charge is 0.493 e. The molecule has 0 radical (unpaired) electrons. The van der Waals surface area contributed by atoms with Crippen molar-refractivity contribution in [2.75, 3.05) is 13.2 Å². The summed E-state index contributed by atoms with van der Waals surface area (Å²) >= 11 is 0.